The number of aryl methyl sites for hydroxylation is 4. The van der Waals surface area contributed by atoms with Gasteiger partial charge in [-0.1, -0.05) is 35.9 Å². The molecule has 0 aromatic heterocycles. The van der Waals surface area contributed by atoms with Crippen LogP contribution in [0.4, 0.5) is 5.69 Å². The van der Waals surface area contributed by atoms with Gasteiger partial charge in [-0.25, -0.2) is 8.42 Å². The molecule has 3 aromatic carbocycles. The standard InChI is InChI=1S/C27H29ClN2O6S/c1-15-11-25(16(2)10-22(15)28)37(35,36)30-21-7-5-6-19(12-21)20-8-17(3)26(18(4)9-20)24(32)13-29-23(14-31)27(33)34/h5-12,23,29-31H,13-14H2,1-4H3,(H,33,34)/t23-/m0/s1. The molecule has 0 spiro atoms. The molecule has 1 atom stereocenters. The van der Waals surface area contributed by atoms with Gasteiger partial charge >= 0.3 is 5.97 Å². The minimum atomic E-state index is -3.86. The van der Waals surface area contributed by atoms with Crippen LogP contribution in [0.15, 0.2) is 53.4 Å². The molecule has 0 amide bonds. The highest BCUT2D eigenvalue weighted by atomic mass is 35.5. The third-order valence-corrected chi connectivity index (χ3v) is 7.93. The first-order valence-corrected chi connectivity index (χ1v) is 13.3. The number of benzene rings is 3. The number of aliphatic hydroxyl groups excluding tert-OH is 1. The zero-order chi connectivity index (χ0) is 27.5. The summed E-state index contributed by atoms with van der Waals surface area (Å²) in [5.74, 6) is -1.53. The predicted octanol–water partition coefficient (Wildman–Crippen LogP) is 4.26. The molecule has 4 N–H and O–H groups in total. The number of carboxylic acids is 1. The third-order valence-electron chi connectivity index (χ3n) is 6.00. The lowest BCUT2D eigenvalue weighted by molar-refractivity contribution is -0.140. The first-order valence-electron chi connectivity index (χ1n) is 11.5. The Morgan fingerprint density at radius 3 is 2.16 bits per heavy atom. The molecular formula is C27H29ClN2O6S. The van der Waals surface area contributed by atoms with Crippen molar-refractivity contribution in [1.82, 2.24) is 5.32 Å². The van der Waals surface area contributed by atoms with Crippen molar-refractivity contribution in [3.8, 4) is 11.1 Å². The first kappa shape index (κ1) is 28.3. The zero-order valence-electron chi connectivity index (χ0n) is 20.9. The molecule has 37 heavy (non-hydrogen) atoms. The van der Waals surface area contributed by atoms with Crippen LogP contribution < -0.4 is 10.0 Å². The molecule has 0 bridgehead atoms. The zero-order valence-corrected chi connectivity index (χ0v) is 22.5. The van der Waals surface area contributed by atoms with Gasteiger partial charge in [0.25, 0.3) is 10.0 Å². The maximum Gasteiger partial charge on any atom is 0.323 e. The van der Waals surface area contributed by atoms with Gasteiger partial charge in [0.15, 0.2) is 5.78 Å². The smallest absolute Gasteiger partial charge is 0.323 e. The summed E-state index contributed by atoms with van der Waals surface area (Å²) in [5.41, 5.74) is 4.96. The molecule has 0 aliphatic heterocycles. The number of Topliss-reactive ketones (excluding diaryl/α,β-unsaturated/α-hetero) is 1. The van der Waals surface area contributed by atoms with Crippen molar-refractivity contribution in [3.63, 3.8) is 0 Å². The number of anilines is 1. The molecule has 196 valence electrons. The highest BCUT2D eigenvalue weighted by molar-refractivity contribution is 7.92. The van der Waals surface area contributed by atoms with Gasteiger partial charge < -0.3 is 10.2 Å². The number of sulfonamides is 1. The lowest BCUT2D eigenvalue weighted by Gasteiger charge is -2.16. The summed E-state index contributed by atoms with van der Waals surface area (Å²) in [4.78, 5) is 24.0. The first-order chi connectivity index (χ1) is 17.3. The van der Waals surface area contributed by atoms with Gasteiger partial charge in [0.05, 0.1) is 18.0 Å². The van der Waals surface area contributed by atoms with E-state index in [9.17, 15) is 18.0 Å². The van der Waals surface area contributed by atoms with E-state index in [0.29, 0.717) is 38.5 Å². The van der Waals surface area contributed by atoms with Crippen LogP contribution >= 0.6 is 11.6 Å². The quantitative estimate of drug-likeness (QED) is 0.280. The molecule has 0 heterocycles. The number of nitrogens with one attached hydrogen (secondary N) is 2. The maximum atomic E-state index is 13.1. The number of halogens is 1. The van der Waals surface area contributed by atoms with Gasteiger partial charge in [-0.2, -0.15) is 0 Å². The van der Waals surface area contributed by atoms with E-state index in [1.807, 2.05) is 18.2 Å². The highest BCUT2D eigenvalue weighted by Gasteiger charge is 2.21. The van der Waals surface area contributed by atoms with E-state index in [4.69, 9.17) is 21.8 Å². The summed E-state index contributed by atoms with van der Waals surface area (Å²) in [6.45, 7) is 6.13. The van der Waals surface area contributed by atoms with Gasteiger partial charge in [0.1, 0.15) is 6.04 Å². The second-order valence-corrected chi connectivity index (χ2v) is 11.0. The van der Waals surface area contributed by atoms with Crippen LogP contribution in [0, 0.1) is 27.7 Å². The topological polar surface area (TPSA) is 133 Å². The van der Waals surface area contributed by atoms with E-state index in [2.05, 4.69) is 10.0 Å². The second kappa shape index (κ2) is 11.4. The SMILES string of the molecule is Cc1cc(S(=O)(=O)Nc2cccc(-c3cc(C)c(C(=O)CN[C@@H](CO)C(=O)O)c(C)c3)c2)c(C)cc1Cl. The number of carboxylic acid groups (broad SMARTS) is 1. The molecule has 0 saturated carbocycles. The minimum absolute atomic E-state index is 0.148. The molecule has 0 aliphatic rings. The Morgan fingerprint density at radius 2 is 1.57 bits per heavy atom. The van der Waals surface area contributed by atoms with E-state index in [1.54, 1.807) is 58.0 Å². The van der Waals surface area contributed by atoms with E-state index in [-0.39, 0.29) is 17.2 Å². The monoisotopic (exact) mass is 544 g/mol. The largest absolute Gasteiger partial charge is 0.480 e. The molecular weight excluding hydrogens is 516 g/mol. The van der Waals surface area contributed by atoms with E-state index < -0.39 is 28.6 Å². The van der Waals surface area contributed by atoms with Crippen LogP contribution in [0.3, 0.4) is 0 Å². The number of carbonyl (C=O) groups is 2. The highest BCUT2D eigenvalue weighted by Crippen LogP contribution is 2.30. The van der Waals surface area contributed by atoms with Gasteiger partial charge in [-0.3, -0.25) is 19.6 Å². The fourth-order valence-corrected chi connectivity index (χ4v) is 5.70. The second-order valence-electron chi connectivity index (χ2n) is 8.92. The van der Waals surface area contributed by atoms with Crippen LogP contribution in [-0.2, 0) is 14.8 Å². The fourth-order valence-electron chi connectivity index (χ4n) is 4.12. The van der Waals surface area contributed by atoms with Gasteiger partial charge in [-0.05, 0) is 85.3 Å². The third kappa shape index (κ3) is 6.56. The number of aliphatic hydroxyl groups is 1. The number of aliphatic carboxylic acids is 1. The number of ketones is 1. The molecule has 8 nitrogen and oxygen atoms in total. The van der Waals surface area contributed by atoms with Crippen molar-refractivity contribution in [2.45, 2.75) is 38.6 Å². The Morgan fingerprint density at radius 1 is 0.919 bits per heavy atom. The average molecular weight is 545 g/mol. The van der Waals surface area contributed by atoms with Crippen molar-refractivity contribution in [2.75, 3.05) is 17.9 Å². The van der Waals surface area contributed by atoms with Gasteiger partial charge in [-0.15, -0.1) is 0 Å². The predicted molar refractivity (Wildman–Crippen MR) is 144 cm³/mol. The number of carbonyl (C=O) groups excluding carboxylic acids is 1. The van der Waals surface area contributed by atoms with Crippen molar-refractivity contribution in [2.24, 2.45) is 0 Å². The van der Waals surface area contributed by atoms with Crippen LogP contribution in [-0.4, -0.2) is 49.6 Å². The van der Waals surface area contributed by atoms with Gasteiger partial charge in [0, 0.05) is 16.3 Å². The molecule has 3 rings (SSSR count). The Bertz CT molecular complexity index is 1450. The van der Waals surface area contributed by atoms with Gasteiger partial charge in [0.2, 0.25) is 0 Å². The summed E-state index contributed by atoms with van der Waals surface area (Å²) < 4.78 is 28.8. The fraction of sp³-hybridized carbons (Fsp3) is 0.259. The van der Waals surface area contributed by atoms with Crippen molar-refractivity contribution in [3.05, 3.63) is 81.4 Å². The van der Waals surface area contributed by atoms with Crippen molar-refractivity contribution >= 4 is 39.1 Å². The Labute approximate surface area is 221 Å². The number of rotatable bonds is 10. The number of hydrogen-bond acceptors (Lipinski definition) is 6. The lowest BCUT2D eigenvalue weighted by Crippen LogP contribution is -2.42. The molecule has 0 unspecified atom stereocenters. The molecule has 0 aliphatic carbocycles. The lowest BCUT2D eigenvalue weighted by atomic mass is 9.93. The number of hydrogen-bond donors (Lipinski definition) is 4. The molecule has 0 radical (unpaired) electrons. The Kier molecular flexibility index (Phi) is 8.76. The van der Waals surface area contributed by atoms with Crippen molar-refractivity contribution in [1.29, 1.82) is 0 Å². The maximum absolute atomic E-state index is 13.1. The van der Waals surface area contributed by atoms with Crippen LogP contribution in [0.25, 0.3) is 11.1 Å². The van der Waals surface area contributed by atoms with Crippen LogP contribution in [0.2, 0.25) is 5.02 Å². The van der Waals surface area contributed by atoms with Crippen molar-refractivity contribution < 1.29 is 28.2 Å². The summed E-state index contributed by atoms with van der Waals surface area (Å²) >= 11 is 6.12. The summed E-state index contributed by atoms with van der Waals surface area (Å²) in [6.07, 6.45) is 0. The Hall–Kier alpha value is -3.24. The van der Waals surface area contributed by atoms with E-state index in [0.717, 1.165) is 11.1 Å². The average Bonchev–Trinajstić information content (AvgIpc) is 2.81. The normalized spacial score (nSPS) is 12.3. The van der Waals surface area contributed by atoms with E-state index in [1.165, 1.54) is 0 Å². The Balaban J connectivity index is 1.87. The summed E-state index contributed by atoms with van der Waals surface area (Å²) in [6, 6.07) is 12.5. The molecule has 3 aromatic rings. The van der Waals surface area contributed by atoms with E-state index >= 15 is 0 Å². The van der Waals surface area contributed by atoms with Crippen LogP contribution in [0.1, 0.15) is 32.6 Å². The molecule has 0 fully saturated rings. The molecule has 10 heteroatoms. The minimum Gasteiger partial charge on any atom is -0.480 e. The molecule has 0 saturated heterocycles. The van der Waals surface area contributed by atoms with Crippen LogP contribution in [0.5, 0.6) is 0 Å². The summed E-state index contributed by atoms with van der Waals surface area (Å²) in [5, 5.41) is 21.2. The summed E-state index contributed by atoms with van der Waals surface area (Å²) in [7, 11) is -3.86.